The topological polar surface area (TPSA) is 54.9 Å². The van der Waals surface area contributed by atoms with E-state index < -0.39 is 0 Å². The Balaban J connectivity index is 2.43. The van der Waals surface area contributed by atoms with Gasteiger partial charge in [-0.05, 0) is 34.3 Å². The molecule has 0 aliphatic rings. The van der Waals surface area contributed by atoms with Gasteiger partial charge in [0.25, 0.3) is 5.56 Å². The van der Waals surface area contributed by atoms with Gasteiger partial charge in [-0.2, -0.15) is 0 Å². The van der Waals surface area contributed by atoms with Crippen molar-refractivity contribution in [3.63, 3.8) is 0 Å². The first-order valence-electron chi connectivity index (χ1n) is 4.60. The molecule has 0 spiro atoms. The quantitative estimate of drug-likeness (QED) is 0.918. The lowest BCUT2D eigenvalue weighted by molar-refractivity contribution is 0.720. The average Bonchev–Trinajstić information content (AvgIpc) is 2.61. The molecule has 16 heavy (non-hydrogen) atoms. The number of nitrogens with one attached hydrogen (secondary N) is 1. The molecule has 0 saturated heterocycles. The second-order valence-corrected chi connectivity index (χ2v) is 5.25. The predicted molar refractivity (Wildman–Crippen MR) is 67.2 cm³/mol. The molecule has 4 nitrogen and oxygen atoms in total. The number of thiophene rings is 1. The first-order valence-corrected chi connectivity index (χ1v) is 6.27. The summed E-state index contributed by atoms with van der Waals surface area (Å²) >= 11 is 4.97. The molecule has 0 saturated carbocycles. The van der Waals surface area contributed by atoms with Crippen molar-refractivity contribution in [2.45, 2.75) is 13.5 Å². The Bertz CT molecular complexity index is 626. The fourth-order valence-electron chi connectivity index (χ4n) is 1.33. The zero-order valence-corrected chi connectivity index (χ0v) is 10.9. The number of nitrogens with zero attached hydrogens (tertiary/aromatic N) is 1. The van der Waals surface area contributed by atoms with Crippen molar-refractivity contribution in [3.05, 3.63) is 53.4 Å². The zero-order valence-electron chi connectivity index (χ0n) is 8.49. The Morgan fingerprint density at radius 2 is 2.25 bits per heavy atom. The minimum Gasteiger partial charge on any atom is -0.295 e. The van der Waals surface area contributed by atoms with Gasteiger partial charge in [-0.25, -0.2) is 4.79 Å². The van der Waals surface area contributed by atoms with E-state index in [1.165, 1.54) is 4.57 Å². The van der Waals surface area contributed by atoms with Gasteiger partial charge in [-0.3, -0.25) is 14.3 Å². The number of halogens is 1. The number of aromatic nitrogens is 2. The van der Waals surface area contributed by atoms with Crippen LogP contribution >= 0.6 is 27.3 Å². The van der Waals surface area contributed by atoms with Gasteiger partial charge in [-0.15, -0.1) is 11.3 Å². The summed E-state index contributed by atoms with van der Waals surface area (Å²) in [6, 6.07) is 1.93. The first-order chi connectivity index (χ1) is 7.58. The lowest BCUT2D eigenvalue weighted by atomic mass is 10.4. The van der Waals surface area contributed by atoms with Gasteiger partial charge in [0.15, 0.2) is 0 Å². The summed E-state index contributed by atoms with van der Waals surface area (Å²) in [7, 11) is 0. The third-order valence-electron chi connectivity index (χ3n) is 2.19. The molecule has 0 atom stereocenters. The van der Waals surface area contributed by atoms with Crippen LogP contribution in [-0.2, 0) is 6.54 Å². The van der Waals surface area contributed by atoms with Crippen molar-refractivity contribution in [1.29, 1.82) is 0 Å². The van der Waals surface area contributed by atoms with Gasteiger partial charge in [0.2, 0.25) is 0 Å². The van der Waals surface area contributed by atoms with Gasteiger partial charge < -0.3 is 0 Å². The molecule has 0 aromatic carbocycles. The van der Waals surface area contributed by atoms with Crippen molar-refractivity contribution in [3.8, 4) is 0 Å². The third-order valence-corrected chi connectivity index (χ3v) is 4.11. The maximum atomic E-state index is 11.5. The maximum Gasteiger partial charge on any atom is 0.328 e. The standard InChI is InChI=1S/C10H9BrN2O2S/c1-6-4-13(10(15)12-9(6)14)5-8-7(11)2-3-16-8/h2-4H,5H2,1H3,(H,12,14,15). The summed E-state index contributed by atoms with van der Waals surface area (Å²) in [6.45, 7) is 2.15. The van der Waals surface area contributed by atoms with E-state index in [2.05, 4.69) is 20.9 Å². The molecule has 84 valence electrons. The van der Waals surface area contributed by atoms with Crippen LogP contribution in [0.1, 0.15) is 10.4 Å². The molecule has 0 aliphatic heterocycles. The van der Waals surface area contributed by atoms with Crippen LogP contribution in [0.2, 0.25) is 0 Å². The van der Waals surface area contributed by atoms with E-state index in [1.54, 1.807) is 24.5 Å². The van der Waals surface area contributed by atoms with Crippen molar-refractivity contribution < 1.29 is 0 Å². The smallest absolute Gasteiger partial charge is 0.295 e. The minimum atomic E-state index is -0.379. The van der Waals surface area contributed by atoms with E-state index in [4.69, 9.17) is 0 Å². The Morgan fingerprint density at radius 1 is 1.50 bits per heavy atom. The molecule has 0 aliphatic carbocycles. The summed E-state index contributed by atoms with van der Waals surface area (Å²) in [6.07, 6.45) is 1.58. The average molecular weight is 301 g/mol. The highest BCUT2D eigenvalue weighted by molar-refractivity contribution is 9.10. The van der Waals surface area contributed by atoms with E-state index in [-0.39, 0.29) is 11.2 Å². The van der Waals surface area contributed by atoms with Gasteiger partial charge >= 0.3 is 5.69 Å². The van der Waals surface area contributed by atoms with Crippen LogP contribution in [0.5, 0.6) is 0 Å². The Hall–Kier alpha value is -1.14. The second-order valence-electron chi connectivity index (χ2n) is 3.39. The molecular weight excluding hydrogens is 292 g/mol. The summed E-state index contributed by atoms with van der Waals surface area (Å²) in [5.74, 6) is 0. The fraction of sp³-hybridized carbons (Fsp3) is 0.200. The largest absolute Gasteiger partial charge is 0.328 e. The maximum absolute atomic E-state index is 11.5. The highest BCUT2D eigenvalue weighted by Gasteiger charge is 2.05. The molecule has 2 aromatic rings. The molecule has 6 heteroatoms. The Labute approximate surface area is 104 Å². The van der Waals surface area contributed by atoms with E-state index in [1.807, 2.05) is 11.4 Å². The third kappa shape index (κ3) is 2.17. The van der Waals surface area contributed by atoms with E-state index in [0.29, 0.717) is 12.1 Å². The van der Waals surface area contributed by atoms with Crippen molar-refractivity contribution in [1.82, 2.24) is 9.55 Å². The molecule has 0 unspecified atom stereocenters. The van der Waals surface area contributed by atoms with Crippen molar-refractivity contribution >= 4 is 27.3 Å². The van der Waals surface area contributed by atoms with Crippen LogP contribution in [0.15, 0.2) is 31.7 Å². The van der Waals surface area contributed by atoms with Crippen LogP contribution in [0.25, 0.3) is 0 Å². The van der Waals surface area contributed by atoms with Gasteiger partial charge in [-0.1, -0.05) is 0 Å². The first kappa shape index (κ1) is 11.3. The number of aryl methyl sites for hydroxylation is 1. The number of hydrogen-bond donors (Lipinski definition) is 1. The molecule has 2 heterocycles. The fourth-order valence-corrected chi connectivity index (χ4v) is 2.80. The van der Waals surface area contributed by atoms with Crippen LogP contribution in [-0.4, -0.2) is 9.55 Å². The predicted octanol–water partition coefficient (Wildman–Crippen LogP) is 1.72. The lowest BCUT2D eigenvalue weighted by Crippen LogP contribution is -2.30. The number of aromatic amines is 1. The Morgan fingerprint density at radius 3 is 2.88 bits per heavy atom. The van der Waals surface area contributed by atoms with Crippen LogP contribution in [0, 0.1) is 6.92 Å². The van der Waals surface area contributed by atoms with Gasteiger partial charge in [0.05, 0.1) is 6.54 Å². The van der Waals surface area contributed by atoms with Gasteiger partial charge in [0.1, 0.15) is 0 Å². The summed E-state index contributed by atoms with van der Waals surface area (Å²) in [5.41, 5.74) is -0.172. The van der Waals surface area contributed by atoms with Gasteiger partial charge in [0, 0.05) is 21.1 Å². The highest BCUT2D eigenvalue weighted by Crippen LogP contribution is 2.22. The van der Waals surface area contributed by atoms with Crippen LogP contribution < -0.4 is 11.2 Å². The number of rotatable bonds is 2. The van der Waals surface area contributed by atoms with Crippen molar-refractivity contribution in [2.75, 3.05) is 0 Å². The molecule has 2 aromatic heterocycles. The molecule has 1 N–H and O–H groups in total. The summed E-state index contributed by atoms with van der Waals surface area (Å²) < 4.78 is 2.47. The summed E-state index contributed by atoms with van der Waals surface area (Å²) in [5, 5.41) is 1.95. The number of hydrogen-bond acceptors (Lipinski definition) is 3. The number of H-pyrrole nitrogens is 1. The van der Waals surface area contributed by atoms with Crippen LogP contribution in [0.3, 0.4) is 0 Å². The van der Waals surface area contributed by atoms with E-state index >= 15 is 0 Å². The molecule has 0 bridgehead atoms. The molecule has 0 fully saturated rings. The van der Waals surface area contributed by atoms with E-state index in [9.17, 15) is 9.59 Å². The molecule has 0 radical (unpaired) electrons. The molecule has 2 rings (SSSR count). The SMILES string of the molecule is Cc1cn(Cc2sccc2Br)c(=O)[nH]c1=O. The zero-order chi connectivity index (χ0) is 11.7. The molecule has 0 amide bonds. The summed E-state index contributed by atoms with van der Waals surface area (Å²) in [4.78, 5) is 26.0. The molecular formula is C10H9BrN2O2S. The normalized spacial score (nSPS) is 10.6. The monoisotopic (exact) mass is 300 g/mol. The Kier molecular flexibility index (Phi) is 3.11. The van der Waals surface area contributed by atoms with Crippen molar-refractivity contribution in [2.24, 2.45) is 0 Å². The minimum absolute atomic E-state index is 0.327. The van der Waals surface area contributed by atoms with E-state index in [0.717, 1.165) is 9.35 Å². The van der Waals surface area contributed by atoms with Crippen LogP contribution in [0.4, 0.5) is 0 Å². The second kappa shape index (κ2) is 4.39. The highest BCUT2D eigenvalue weighted by atomic mass is 79.9. The lowest BCUT2D eigenvalue weighted by Gasteiger charge is -2.04.